The number of hydrogen-bond donors (Lipinski definition) is 0. The molecule has 1 aliphatic heterocycles. The Hall–Kier alpha value is -0.960. The fraction of sp³-hybridized carbons (Fsp3) is 0.273. The summed E-state index contributed by atoms with van der Waals surface area (Å²) in [6, 6.07) is 8.37. The molecule has 0 bridgehead atoms. The second-order valence-electron chi connectivity index (χ2n) is 3.29. The van der Waals surface area contributed by atoms with Gasteiger partial charge in [-0.1, -0.05) is 15.9 Å². The van der Waals surface area contributed by atoms with E-state index in [1.54, 1.807) is 0 Å². The summed E-state index contributed by atoms with van der Waals surface area (Å²) in [5.74, 6) is 0. The van der Waals surface area contributed by atoms with Gasteiger partial charge in [0.05, 0.1) is 6.67 Å². The van der Waals surface area contributed by atoms with E-state index in [1.807, 2.05) is 0 Å². The van der Waals surface area contributed by atoms with E-state index in [2.05, 4.69) is 69.3 Å². The first-order valence-corrected chi connectivity index (χ1v) is 5.53. The Bertz CT molecular complexity index is 332. The molecule has 1 aromatic rings. The molecule has 0 fully saturated rings. The fourth-order valence-electron chi connectivity index (χ4n) is 1.47. The van der Waals surface area contributed by atoms with Crippen molar-refractivity contribution in [3.8, 4) is 0 Å². The van der Waals surface area contributed by atoms with Gasteiger partial charge in [-0.15, -0.1) is 0 Å². The summed E-state index contributed by atoms with van der Waals surface area (Å²) in [6.07, 6.45) is 4.24. The molecule has 1 aromatic carbocycles. The lowest BCUT2D eigenvalue weighted by Gasteiger charge is -2.19. The molecular weight excluding hydrogens is 240 g/mol. The summed E-state index contributed by atoms with van der Waals surface area (Å²) < 4.78 is 1.12. The van der Waals surface area contributed by atoms with Crippen molar-refractivity contribution in [3.05, 3.63) is 41.1 Å². The van der Waals surface area contributed by atoms with Crippen molar-refractivity contribution in [1.82, 2.24) is 4.90 Å². The molecule has 0 atom stereocenters. The summed E-state index contributed by atoms with van der Waals surface area (Å²) in [5.41, 5.74) is 1.24. The molecule has 74 valence electrons. The molecule has 0 radical (unpaired) electrons. The minimum Gasteiger partial charge on any atom is -0.359 e. The third-order valence-electron chi connectivity index (χ3n) is 2.36. The van der Waals surface area contributed by atoms with E-state index in [9.17, 15) is 0 Å². The van der Waals surface area contributed by atoms with Crippen molar-refractivity contribution in [2.24, 2.45) is 0 Å². The van der Waals surface area contributed by atoms with Crippen molar-refractivity contribution in [2.45, 2.75) is 6.92 Å². The summed E-state index contributed by atoms with van der Waals surface area (Å²) in [7, 11) is 0. The van der Waals surface area contributed by atoms with Crippen LogP contribution in [0.5, 0.6) is 0 Å². The van der Waals surface area contributed by atoms with Gasteiger partial charge in [0.25, 0.3) is 0 Å². The van der Waals surface area contributed by atoms with Crippen LogP contribution in [0.15, 0.2) is 41.1 Å². The summed E-state index contributed by atoms with van der Waals surface area (Å²) in [5, 5.41) is 0. The molecule has 1 heterocycles. The van der Waals surface area contributed by atoms with Crippen LogP contribution in [-0.2, 0) is 0 Å². The van der Waals surface area contributed by atoms with Gasteiger partial charge in [-0.25, -0.2) is 0 Å². The smallest absolute Gasteiger partial charge is 0.0941 e. The molecule has 2 rings (SSSR count). The van der Waals surface area contributed by atoms with Gasteiger partial charge in [0, 0.05) is 29.1 Å². The molecule has 0 unspecified atom stereocenters. The largest absolute Gasteiger partial charge is 0.359 e. The maximum Gasteiger partial charge on any atom is 0.0941 e. The Morgan fingerprint density at radius 2 is 1.93 bits per heavy atom. The van der Waals surface area contributed by atoms with E-state index in [0.29, 0.717) is 0 Å². The van der Waals surface area contributed by atoms with Gasteiger partial charge in [-0.2, -0.15) is 0 Å². The maximum atomic E-state index is 3.43. The molecule has 0 spiro atoms. The zero-order chi connectivity index (χ0) is 9.97. The molecule has 0 amide bonds. The number of rotatable bonds is 2. The number of hydrogen-bond acceptors (Lipinski definition) is 2. The molecule has 0 saturated carbocycles. The standard InChI is InChI=1S/C11H13BrN2/c1-2-13-7-8-14(9-13)11-5-3-10(12)4-6-11/h3-8H,2,9H2,1H3. The number of benzene rings is 1. The molecule has 14 heavy (non-hydrogen) atoms. The molecule has 1 aliphatic rings. The average molecular weight is 253 g/mol. The number of halogens is 1. The third-order valence-corrected chi connectivity index (χ3v) is 2.88. The van der Waals surface area contributed by atoms with Gasteiger partial charge in [-0.3, -0.25) is 0 Å². The lowest BCUT2D eigenvalue weighted by Crippen LogP contribution is -2.24. The second kappa shape index (κ2) is 4.05. The van der Waals surface area contributed by atoms with Gasteiger partial charge < -0.3 is 9.80 Å². The fourth-order valence-corrected chi connectivity index (χ4v) is 1.73. The zero-order valence-electron chi connectivity index (χ0n) is 8.15. The molecule has 2 nitrogen and oxygen atoms in total. The maximum absolute atomic E-state index is 3.43. The van der Waals surface area contributed by atoms with Gasteiger partial charge in [-0.05, 0) is 31.2 Å². The first kappa shape index (κ1) is 9.59. The highest BCUT2D eigenvalue weighted by atomic mass is 79.9. The second-order valence-corrected chi connectivity index (χ2v) is 4.21. The van der Waals surface area contributed by atoms with E-state index in [1.165, 1.54) is 5.69 Å². The van der Waals surface area contributed by atoms with E-state index < -0.39 is 0 Å². The van der Waals surface area contributed by atoms with Crippen LogP contribution in [0.2, 0.25) is 0 Å². The predicted molar refractivity (Wildman–Crippen MR) is 63.0 cm³/mol. The molecule has 0 saturated heterocycles. The summed E-state index contributed by atoms with van der Waals surface area (Å²) in [4.78, 5) is 4.50. The third kappa shape index (κ3) is 1.93. The molecule has 0 aliphatic carbocycles. The van der Waals surface area contributed by atoms with Gasteiger partial charge in [0.1, 0.15) is 0 Å². The van der Waals surface area contributed by atoms with Crippen LogP contribution in [0.25, 0.3) is 0 Å². The summed E-state index contributed by atoms with van der Waals surface area (Å²) >= 11 is 3.43. The lowest BCUT2D eigenvalue weighted by atomic mass is 10.3. The van der Waals surface area contributed by atoms with Crippen molar-refractivity contribution >= 4 is 21.6 Å². The Balaban J connectivity index is 2.11. The first-order valence-electron chi connectivity index (χ1n) is 4.74. The quantitative estimate of drug-likeness (QED) is 0.799. The van der Waals surface area contributed by atoms with E-state index >= 15 is 0 Å². The van der Waals surface area contributed by atoms with Crippen LogP contribution < -0.4 is 4.90 Å². The van der Waals surface area contributed by atoms with Gasteiger partial charge >= 0.3 is 0 Å². The van der Waals surface area contributed by atoms with Crippen LogP contribution in [-0.4, -0.2) is 18.1 Å². The van der Waals surface area contributed by atoms with Crippen LogP contribution in [0.1, 0.15) is 6.92 Å². The molecule has 0 N–H and O–H groups in total. The topological polar surface area (TPSA) is 6.48 Å². The van der Waals surface area contributed by atoms with E-state index in [0.717, 1.165) is 17.7 Å². The number of anilines is 1. The minimum atomic E-state index is 0.956. The number of nitrogens with zero attached hydrogens (tertiary/aromatic N) is 2. The Kier molecular flexibility index (Phi) is 2.77. The highest BCUT2D eigenvalue weighted by Crippen LogP contribution is 2.21. The van der Waals surface area contributed by atoms with Crippen molar-refractivity contribution in [3.63, 3.8) is 0 Å². The van der Waals surface area contributed by atoms with Gasteiger partial charge in [0.2, 0.25) is 0 Å². The van der Waals surface area contributed by atoms with E-state index in [4.69, 9.17) is 0 Å². The first-order chi connectivity index (χ1) is 6.79. The molecular formula is C11H13BrN2. The highest BCUT2D eigenvalue weighted by Gasteiger charge is 2.11. The van der Waals surface area contributed by atoms with Crippen molar-refractivity contribution in [1.29, 1.82) is 0 Å². The van der Waals surface area contributed by atoms with Gasteiger partial charge in [0.15, 0.2) is 0 Å². The molecule has 0 aromatic heterocycles. The summed E-state index contributed by atoms with van der Waals surface area (Å²) in [6.45, 7) is 4.18. The lowest BCUT2D eigenvalue weighted by molar-refractivity contribution is 0.429. The van der Waals surface area contributed by atoms with Crippen molar-refractivity contribution in [2.75, 3.05) is 18.1 Å². The zero-order valence-corrected chi connectivity index (χ0v) is 9.74. The minimum absolute atomic E-state index is 0.956. The van der Waals surface area contributed by atoms with Crippen molar-refractivity contribution < 1.29 is 0 Å². The SMILES string of the molecule is CCN1C=CN(c2ccc(Br)cc2)C1. The monoisotopic (exact) mass is 252 g/mol. The van der Waals surface area contributed by atoms with Crippen LogP contribution in [0.3, 0.4) is 0 Å². The van der Waals surface area contributed by atoms with Crippen LogP contribution in [0, 0.1) is 0 Å². The predicted octanol–water partition coefficient (Wildman–Crippen LogP) is 3.02. The van der Waals surface area contributed by atoms with Crippen LogP contribution in [0.4, 0.5) is 5.69 Å². The Labute approximate surface area is 92.9 Å². The van der Waals surface area contributed by atoms with E-state index in [-0.39, 0.29) is 0 Å². The highest BCUT2D eigenvalue weighted by molar-refractivity contribution is 9.10. The Morgan fingerprint density at radius 1 is 1.21 bits per heavy atom. The molecule has 3 heteroatoms. The average Bonchev–Trinajstić information content (AvgIpc) is 2.67. The van der Waals surface area contributed by atoms with Crippen LogP contribution >= 0.6 is 15.9 Å². The Morgan fingerprint density at radius 3 is 2.50 bits per heavy atom. The normalized spacial score (nSPS) is 15.3.